The van der Waals surface area contributed by atoms with Crippen molar-refractivity contribution in [2.24, 2.45) is 0 Å². The maximum atomic E-state index is 14.1. The number of hydrogen-bond donors (Lipinski definition) is 1. The van der Waals surface area contributed by atoms with Crippen LogP contribution in [0.1, 0.15) is 35.6 Å². The fourth-order valence-corrected chi connectivity index (χ4v) is 3.04. The second-order valence-corrected chi connectivity index (χ2v) is 5.19. The molecule has 0 fully saturated rings. The minimum absolute atomic E-state index is 0.175. The predicted molar refractivity (Wildman–Crippen MR) is 75.7 cm³/mol. The summed E-state index contributed by atoms with van der Waals surface area (Å²) < 4.78 is 27.5. The van der Waals surface area contributed by atoms with Gasteiger partial charge in [0.15, 0.2) is 11.6 Å². The second-order valence-electron chi connectivity index (χ2n) is 5.19. The Morgan fingerprint density at radius 1 is 1.15 bits per heavy atom. The van der Waals surface area contributed by atoms with Crippen LogP contribution in [0.25, 0.3) is 0 Å². The lowest BCUT2D eigenvalue weighted by atomic mass is 9.71. The highest BCUT2D eigenvalue weighted by molar-refractivity contribution is 5.43. The number of nitrogens with one attached hydrogen (secondary N) is 1. The molecule has 0 saturated heterocycles. The van der Waals surface area contributed by atoms with E-state index in [9.17, 15) is 8.78 Å². The third kappa shape index (κ3) is 2.12. The average Bonchev–Trinajstić information content (AvgIpc) is 2.42. The van der Waals surface area contributed by atoms with E-state index in [2.05, 4.69) is 17.4 Å². The number of likely N-dealkylation sites (N-methyl/N-ethyl adjacent to an activating group) is 1. The molecule has 2 aromatic carbocycles. The summed E-state index contributed by atoms with van der Waals surface area (Å²) in [5.41, 5.74) is 2.96. The molecule has 1 aliphatic rings. The van der Waals surface area contributed by atoms with Crippen LogP contribution in [0.15, 0.2) is 42.5 Å². The Bertz CT molecular complexity index is 624. The number of benzene rings is 2. The van der Waals surface area contributed by atoms with Crippen LogP contribution in [0.4, 0.5) is 8.78 Å². The molecular formula is C17H17F2N. The fraction of sp³-hybridized carbons (Fsp3) is 0.294. The molecule has 3 heteroatoms. The third-order valence-corrected chi connectivity index (χ3v) is 4.04. The maximum absolute atomic E-state index is 14.1. The molecule has 0 saturated carbocycles. The van der Waals surface area contributed by atoms with Crippen molar-refractivity contribution < 1.29 is 8.78 Å². The van der Waals surface area contributed by atoms with Gasteiger partial charge in [-0.2, -0.15) is 0 Å². The van der Waals surface area contributed by atoms with Gasteiger partial charge in [-0.1, -0.05) is 43.3 Å². The van der Waals surface area contributed by atoms with E-state index in [4.69, 9.17) is 0 Å². The first kappa shape index (κ1) is 13.3. The first-order chi connectivity index (χ1) is 9.72. The van der Waals surface area contributed by atoms with Gasteiger partial charge in [-0.25, -0.2) is 8.78 Å². The van der Waals surface area contributed by atoms with Crippen molar-refractivity contribution in [2.45, 2.75) is 25.3 Å². The summed E-state index contributed by atoms with van der Waals surface area (Å²) in [6.07, 6.45) is 0.907. The summed E-state index contributed by atoms with van der Waals surface area (Å²) in [5, 5.41) is 3.30. The number of fused-ring (bicyclic) bond motifs is 1. The number of hydrogen-bond acceptors (Lipinski definition) is 1. The summed E-state index contributed by atoms with van der Waals surface area (Å²) in [6.45, 7) is 2.70. The topological polar surface area (TPSA) is 12.0 Å². The van der Waals surface area contributed by atoms with E-state index in [-0.39, 0.29) is 12.0 Å². The van der Waals surface area contributed by atoms with Gasteiger partial charge in [-0.15, -0.1) is 0 Å². The van der Waals surface area contributed by atoms with Gasteiger partial charge < -0.3 is 5.32 Å². The Labute approximate surface area is 117 Å². The van der Waals surface area contributed by atoms with Crippen molar-refractivity contribution in [3.05, 3.63) is 70.8 Å². The molecule has 0 heterocycles. The molecule has 2 unspecified atom stereocenters. The Kier molecular flexibility index (Phi) is 3.53. The molecular weight excluding hydrogens is 256 g/mol. The molecule has 0 aliphatic heterocycles. The zero-order chi connectivity index (χ0) is 14.1. The van der Waals surface area contributed by atoms with Crippen molar-refractivity contribution in [1.82, 2.24) is 5.32 Å². The normalized spacial score (nSPS) is 18.2. The van der Waals surface area contributed by atoms with E-state index in [1.165, 1.54) is 11.1 Å². The van der Waals surface area contributed by atoms with Crippen LogP contribution >= 0.6 is 0 Å². The molecule has 104 valence electrons. The molecule has 2 atom stereocenters. The van der Waals surface area contributed by atoms with Crippen LogP contribution in [0, 0.1) is 11.6 Å². The smallest absolute Gasteiger partial charge is 0.163 e. The molecule has 0 aromatic heterocycles. The first-order valence-electron chi connectivity index (χ1n) is 6.97. The fourth-order valence-electron chi connectivity index (χ4n) is 3.04. The summed E-state index contributed by atoms with van der Waals surface area (Å²) in [5.74, 6) is -1.30. The van der Waals surface area contributed by atoms with Crippen LogP contribution in [-0.4, -0.2) is 6.54 Å². The van der Waals surface area contributed by atoms with Crippen LogP contribution in [0.3, 0.4) is 0 Å². The lowest BCUT2D eigenvalue weighted by Gasteiger charge is -2.37. The summed E-state index contributed by atoms with van der Waals surface area (Å²) in [4.78, 5) is 0. The van der Waals surface area contributed by atoms with Gasteiger partial charge in [-0.05, 0) is 30.2 Å². The monoisotopic (exact) mass is 273 g/mol. The lowest BCUT2D eigenvalue weighted by molar-refractivity contribution is 0.395. The van der Waals surface area contributed by atoms with Crippen molar-refractivity contribution >= 4 is 0 Å². The van der Waals surface area contributed by atoms with E-state index in [1.807, 2.05) is 19.1 Å². The largest absolute Gasteiger partial charge is 0.310 e. The summed E-state index contributed by atoms with van der Waals surface area (Å²) >= 11 is 0. The van der Waals surface area contributed by atoms with Crippen molar-refractivity contribution in [2.75, 3.05) is 6.54 Å². The molecule has 1 N–H and O–H groups in total. The van der Waals surface area contributed by atoms with Gasteiger partial charge in [0.1, 0.15) is 0 Å². The molecule has 0 amide bonds. The molecule has 0 radical (unpaired) electrons. The van der Waals surface area contributed by atoms with E-state index >= 15 is 0 Å². The lowest BCUT2D eigenvalue weighted by Crippen LogP contribution is -2.34. The summed E-state index contributed by atoms with van der Waals surface area (Å²) in [6, 6.07) is 12.4. The molecule has 2 aromatic rings. The van der Waals surface area contributed by atoms with Crippen molar-refractivity contribution in [3.8, 4) is 0 Å². The summed E-state index contributed by atoms with van der Waals surface area (Å²) in [7, 11) is 0. The SMILES string of the molecule is CCNC(c1cccc(F)c1F)C1Cc2ccccc21. The van der Waals surface area contributed by atoms with Crippen LogP contribution in [0.5, 0.6) is 0 Å². The Morgan fingerprint density at radius 3 is 2.70 bits per heavy atom. The van der Waals surface area contributed by atoms with Gasteiger partial charge in [0.05, 0.1) is 0 Å². The van der Waals surface area contributed by atoms with Gasteiger partial charge >= 0.3 is 0 Å². The molecule has 1 aliphatic carbocycles. The molecule has 20 heavy (non-hydrogen) atoms. The van der Waals surface area contributed by atoms with Gasteiger partial charge in [-0.3, -0.25) is 0 Å². The van der Waals surface area contributed by atoms with E-state index in [0.717, 1.165) is 19.0 Å². The number of rotatable bonds is 4. The standard InChI is InChI=1S/C17H17F2N/c1-2-20-17(13-8-5-9-15(18)16(13)19)14-10-11-6-3-4-7-12(11)14/h3-9,14,17,20H,2,10H2,1H3. The quantitative estimate of drug-likeness (QED) is 0.889. The third-order valence-electron chi connectivity index (χ3n) is 4.04. The highest BCUT2D eigenvalue weighted by Gasteiger charge is 2.34. The van der Waals surface area contributed by atoms with Gasteiger partial charge in [0.2, 0.25) is 0 Å². The Morgan fingerprint density at radius 2 is 1.95 bits per heavy atom. The highest BCUT2D eigenvalue weighted by Crippen LogP contribution is 2.44. The van der Waals surface area contributed by atoms with Crippen LogP contribution < -0.4 is 5.32 Å². The predicted octanol–water partition coefficient (Wildman–Crippen LogP) is 3.96. The van der Waals surface area contributed by atoms with E-state index in [1.54, 1.807) is 12.1 Å². The molecule has 1 nitrogen and oxygen atoms in total. The zero-order valence-corrected chi connectivity index (χ0v) is 11.4. The van der Waals surface area contributed by atoms with Crippen molar-refractivity contribution in [3.63, 3.8) is 0 Å². The minimum atomic E-state index is -0.780. The second kappa shape index (κ2) is 5.33. The zero-order valence-electron chi connectivity index (χ0n) is 11.4. The van der Waals surface area contributed by atoms with Crippen LogP contribution in [0.2, 0.25) is 0 Å². The van der Waals surface area contributed by atoms with Gasteiger partial charge in [0.25, 0.3) is 0 Å². The Balaban J connectivity index is 1.97. The molecule has 0 spiro atoms. The average molecular weight is 273 g/mol. The number of halogens is 2. The molecule has 3 rings (SSSR count). The van der Waals surface area contributed by atoms with Crippen molar-refractivity contribution in [1.29, 1.82) is 0 Å². The van der Waals surface area contributed by atoms with E-state index < -0.39 is 11.6 Å². The highest BCUT2D eigenvalue weighted by atomic mass is 19.2. The maximum Gasteiger partial charge on any atom is 0.163 e. The van der Waals surface area contributed by atoms with E-state index in [0.29, 0.717) is 5.56 Å². The molecule has 0 bridgehead atoms. The van der Waals surface area contributed by atoms with Gasteiger partial charge in [0, 0.05) is 17.5 Å². The van der Waals surface area contributed by atoms with Crippen LogP contribution in [-0.2, 0) is 6.42 Å². The Hall–Kier alpha value is -1.74. The minimum Gasteiger partial charge on any atom is -0.310 e. The first-order valence-corrected chi connectivity index (χ1v) is 6.97.